The Morgan fingerprint density at radius 3 is 1.97 bits per heavy atom. The van der Waals surface area contributed by atoms with Gasteiger partial charge in [0.25, 0.3) is 11.4 Å². The average molecular weight is 433 g/mol. The Labute approximate surface area is 180 Å². The zero-order valence-corrected chi connectivity index (χ0v) is 16.6. The molecule has 0 aliphatic rings. The van der Waals surface area contributed by atoms with Crippen LogP contribution in [0.4, 0.5) is 22.7 Å². The zero-order chi connectivity index (χ0) is 22.7. The molecule has 4 rings (SSSR count). The number of nitro benzene ring substituents is 2. The van der Waals surface area contributed by atoms with Crippen LogP contribution >= 0.6 is 0 Å². The lowest BCUT2D eigenvalue weighted by Gasteiger charge is -2.07. The molecule has 1 N–H and O–H groups in total. The highest BCUT2D eigenvalue weighted by Crippen LogP contribution is 2.32. The third-order valence-electron chi connectivity index (χ3n) is 4.56. The van der Waals surface area contributed by atoms with Crippen molar-refractivity contribution in [1.29, 1.82) is 0 Å². The standard InChI is InChI=1S/C21H15N5O6/c1-31-17-9-4-14(5-10-17)21-24-23-20(32-21)13-2-6-15(7-3-13)22-18-11-8-16(25(27)28)12-19(18)26(29)30/h2-12,22H,1H3. The minimum Gasteiger partial charge on any atom is -0.497 e. The summed E-state index contributed by atoms with van der Waals surface area (Å²) in [5.74, 6) is 1.37. The zero-order valence-electron chi connectivity index (χ0n) is 16.6. The van der Waals surface area contributed by atoms with Crippen molar-refractivity contribution in [3.63, 3.8) is 0 Å². The van der Waals surface area contributed by atoms with Crippen molar-refractivity contribution in [3.8, 4) is 28.7 Å². The van der Waals surface area contributed by atoms with E-state index >= 15 is 0 Å². The Morgan fingerprint density at radius 2 is 1.44 bits per heavy atom. The normalized spacial score (nSPS) is 10.5. The van der Waals surface area contributed by atoms with Crippen molar-refractivity contribution >= 4 is 22.7 Å². The number of nitrogens with one attached hydrogen (secondary N) is 1. The summed E-state index contributed by atoms with van der Waals surface area (Å²) in [7, 11) is 1.58. The summed E-state index contributed by atoms with van der Waals surface area (Å²) in [6, 6.07) is 17.4. The predicted octanol–water partition coefficient (Wildman–Crippen LogP) is 4.97. The van der Waals surface area contributed by atoms with Crippen molar-refractivity contribution in [2.75, 3.05) is 12.4 Å². The van der Waals surface area contributed by atoms with Crippen LogP contribution in [0.15, 0.2) is 71.1 Å². The van der Waals surface area contributed by atoms with E-state index in [1.807, 2.05) is 0 Å². The summed E-state index contributed by atoms with van der Waals surface area (Å²) >= 11 is 0. The molecule has 32 heavy (non-hydrogen) atoms. The smallest absolute Gasteiger partial charge is 0.299 e. The number of aromatic nitrogens is 2. The highest BCUT2D eigenvalue weighted by molar-refractivity contribution is 5.73. The molecule has 0 saturated heterocycles. The molecule has 1 aromatic heterocycles. The molecule has 0 fully saturated rings. The average Bonchev–Trinajstić information content (AvgIpc) is 3.30. The SMILES string of the molecule is COc1ccc(-c2nnc(-c3ccc(Nc4ccc([N+](=O)[O-])cc4[N+](=O)[O-])cc3)o2)cc1. The third kappa shape index (κ3) is 4.21. The molecule has 0 saturated carbocycles. The fourth-order valence-corrected chi connectivity index (χ4v) is 2.93. The molecule has 0 radical (unpaired) electrons. The molecule has 0 bridgehead atoms. The molecule has 11 heteroatoms. The van der Waals surface area contributed by atoms with E-state index in [2.05, 4.69) is 15.5 Å². The lowest BCUT2D eigenvalue weighted by atomic mass is 10.2. The van der Waals surface area contributed by atoms with Crippen LogP contribution < -0.4 is 10.1 Å². The number of hydrogen-bond donors (Lipinski definition) is 1. The van der Waals surface area contributed by atoms with Crippen molar-refractivity contribution < 1.29 is 19.0 Å². The van der Waals surface area contributed by atoms with Gasteiger partial charge >= 0.3 is 0 Å². The second kappa shape index (κ2) is 8.52. The van der Waals surface area contributed by atoms with E-state index < -0.39 is 15.5 Å². The van der Waals surface area contributed by atoms with Crippen LogP contribution in [0.2, 0.25) is 0 Å². The van der Waals surface area contributed by atoms with Gasteiger partial charge in [-0.2, -0.15) is 0 Å². The highest BCUT2D eigenvalue weighted by atomic mass is 16.6. The summed E-state index contributed by atoms with van der Waals surface area (Å²) in [5, 5.41) is 33.2. The summed E-state index contributed by atoms with van der Waals surface area (Å²) in [5.41, 5.74) is 1.31. The van der Waals surface area contributed by atoms with Crippen molar-refractivity contribution in [3.05, 3.63) is 87.0 Å². The first-order chi connectivity index (χ1) is 15.4. The number of anilines is 2. The van der Waals surface area contributed by atoms with E-state index in [0.717, 1.165) is 11.6 Å². The molecule has 4 aromatic rings. The van der Waals surface area contributed by atoms with E-state index in [0.29, 0.717) is 28.8 Å². The highest BCUT2D eigenvalue weighted by Gasteiger charge is 2.19. The number of methoxy groups -OCH3 is 1. The van der Waals surface area contributed by atoms with Crippen LogP contribution in [0.3, 0.4) is 0 Å². The predicted molar refractivity (Wildman–Crippen MR) is 115 cm³/mol. The largest absolute Gasteiger partial charge is 0.497 e. The Hall–Kier alpha value is -4.80. The Bertz CT molecular complexity index is 1290. The summed E-state index contributed by atoms with van der Waals surface area (Å²) in [6.07, 6.45) is 0. The van der Waals surface area contributed by atoms with Gasteiger partial charge in [-0.15, -0.1) is 10.2 Å². The maximum Gasteiger partial charge on any atom is 0.299 e. The first-order valence-electron chi connectivity index (χ1n) is 9.23. The van der Waals surface area contributed by atoms with Crippen molar-refractivity contribution in [2.24, 2.45) is 0 Å². The van der Waals surface area contributed by atoms with Gasteiger partial charge in [0.15, 0.2) is 0 Å². The monoisotopic (exact) mass is 433 g/mol. The maximum absolute atomic E-state index is 11.3. The van der Waals surface area contributed by atoms with Crippen LogP contribution in [0, 0.1) is 20.2 Å². The minimum absolute atomic E-state index is 0.132. The number of rotatable bonds is 7. The van der Waals surface area contributed by atoms with Crippen LogP contribution in [0.25, 0.3) is 22.9 Å². The molecular weight excluding hydrogens is 418 g/mol. The molecule has 160 valence electrons. The number of nitro groups is 2. The van der Waals surface area contributed by atoms with Crippen LogP contribution in [0.1, 0.15) is 0 Å². The Balaban J connectivity index is 1.53. The van der Waals surface area contributed by atoms with E-state index in [1.165, 1.54) is 12.1 Å². The van der Waals surface area contributed by atoms with Crippen molar-refractivity contribution in [2.45, 2.75) is 0 Å². The van der Waals surface area contributed by atoms with Gasteiger partial charge in [-0.1, -0.05) is 0 Å². The number of benzene rings is 3. The second-order valence-corrected chi connectivity index (χ2v) is 6.56. The number of ether oxygens (including phenoxy) is 1. The van der Waals surface area contributed by atoms with E-state index in [9.17, 15) is 20.2 Å². The van der Waals surface area contributed by atoms with Crippen LogP contribution in [-0.4, -0.2) is 27.2 Å². The topological polar surface area (TPSA) is 146 Å². The van der Waals surface area contributed by atoms with E-state index in [-0.39, 0.29) is 11.4 Å². The van der Waals surface area contributed by atoms with E-state index in [1.54, 1.807) is 55.6 Å². The first-order valence-corrected chi connectivity index (χ1v) is 9.23. The van der Waals surface area contributed by atoms with Crippen LogP contribution in [0.5, 0.6) is 5.75 Å². The molecule has 0 aliphatic heterocycles. The van der Waals surface area contributed by atoms with Gasteiger partial charge in [0.2, 0.25) is 11.8 Å². The fourth-order valence-electron chi connectivity index (χ4n) is 2.93. The van der Waals surface area contributed by atoms with Crippen LogP contribution in [-0.2, 0) is 0 Å². The Morgan fingerprint density at radius 1 is 0.844 bits per heavy atom. The summed E-state index contributed by atoms with van der Waals surface area (Å²) in [6.45, 7) is 0. The first kappa shape index (κ1) is 20.5. The molecule has 3 aromatic carbocycles. The van der Waals surface area contributed by atoms with E-state index in [4.69, 9.17) is 9.15 Å². The molecule has 0 spiro atoms. The lowest BCUT2D eigenvalue weighted by Crippen LogP contribution is -1.98. The molecule has 0 unspecified atom stereocenters. The van der Waals surface area contributed by atoms with Gasteiger partial charge in [-0.05, 0) is 54.6 Å². The third-order valence-corrected chi connectivity index (χ3v) is 4.56. The Kier molecular flexibility index (Phi) is 5.45. The maximum atomic E-state index is 11.3. The number of nitrogens with zero attached hydrogens (tertiary/aromatic N) is 4. The van der Waals surface area contributed by atoms with Gasteiger partial charge in [0.05, 0.1) is 23.0 Å². The quantitative estimate of drug-likeness (QED) is 0.315. The van der Waals surface area contributed by atoms with Gasteiger partial charge in [0.1, 0.15) is 11.4 Å². The molecule has 0 atom stereocenters. The molecule has 0 aliphatic carbocycles. The molecule has 1 heterocycles. The summed E-state index contributed by atoms with van der Waals surface area (Å²) in [4.78, 5) is 20.8. The van der Waals surface area contributed by atoms with Gasteiger partial charge in [0, 0.05) is 22.9 Å². The minimum atomic E-state index is -0.684. The van der Waals surface area contributed by atoms with Crippen molar-refractivity contribution in [1.82, 2.24) is 10.2 Å². The van der Waals surface area contributed by atoms with Gasteiger partial charge in [-0.3, -0.25) is 20.2 Å². The lowest BCUT2D eigenvalue weighted by molar-refractivity contribution is -0.393. The van der Waals surface area contributed by atoms with Gasteiger partial charge < -0.3 is 14.5 Å². The fraction of sp³-hybridized carbons (Fsp3) is 0.0476. The summed E-state index contributed by atoms with van der Waals surface area (Å²) < 4.78 is 10.9. The number of hydrogen-bond acceptors (Lipinski definition) is 9. The molecule has 11 nitrogen and oxygen atoms in total. The number of non-ortho nitro benzene ring substituents is 1. The molecular formula is C21H15N5O6. The second-order valence-electron chi connectivity index (χ2n) is 6.56. The molecule has 0 amide bonds. The van der Waals surface area contributed by atoms with Gasteiger partial charge in [-0.25, -0.2) is 0 Å².